The van der Waals surface area contributed by atoms with Crippen LogP contribution in [-0.2, 0) is 9.59 Å². The van der Waals surface area contributed by atoms with E-state index in [0.29, 0.717) is 23.6 Å². The van der Waals surface area contributed by atoms with Crippen LogP contribution in [0.4, 0.5) is 17.1 Å². The molecule has 1 fully saturated rings. The number of amides is 2. The lowest BCUT2D eigenvalue weighted by molar-refractivity contribution is -0.119. The molecule has 1 aromatic heterocycles. The Hall–Kier alpha value is -3.97. The van der Waals surface area contributed by atoms with Gasteiger partial charge < -0.3 is 21.3 Å². The number of likely N-dealkylation sites (tertiary alicyclic amines) is 1. The summed E-state index contributed by atoms with van der Waals surface area (Å²) in [4.78, 5) is 31.7. The van der Waals surface area contributed by atoms with Crippen LogP contribution < -0.4 is 16.4 Å². The van der Waals surface area contributed by atoms with E-state index in [4.69, 9.17) is 5.73 Å². The smallest absolute Gasteiger partial charge is 0.248 e. The number of nitrogens with two attached hydrogens (primary N) is 1. The molecular weight excluding hydrogens is 426 g/mol. The number of aromatic nitrogens is 1. The number of aryl methyl sites for hydroxylation is 1. The summed E-state index contributed by atoms with van der Waals surface area (Å²) in [5, 5.41) is 5.78. The van der Waals surface area contributed by atoms with Gasteiger partial charge in [0, 0.05) is 30.8 Å². The molecule has 7 heteroatoms. The van der Waals surface area contributed by atoms with Gasteiger partial charge in [0.05, 0.1) is 29.2 Å². The van der Waals surface area contributed by atoms with Crippen LogP contribution in [0.3, 0.4) is 0 Å². The van der Waals surface area contributed by atoms with Crippen LogP contribution in [0.5, 0.6) is 0 Å². The van der Waals surface area contributed by atoms with E-state index in [2.05, 4.69) is 20.5 Å². The fraction of sp³-hybridized carbons (Fsp3) is 0.222. The molecule has 34 heavy (non-hydrogen) atoms. The molecule has 4 N–H and O–H groups in total. The number of benzene rings is 2. The first-order valence-corrected chi connectivity index (χ1v) is 11.2. The van der Waals surface area contributed by atoms with Gasteiger partial charge in [-0.1, -0.05) is 36.4 Å². The lowest BCUT2D eigenvalue weighted by atomic mass is 9.88. The highest BCUT2D eigenvalue weighted by Crippen LogP contribution is 2.33. The van der Waals surface area contributed by atoms with E-state index >= 15 is 0 Å². The number of carbonyl (C=O) groups excluding carboxylic acids is 2. The van der Waals surface area contributed by atoms with Gasteiger partial charge in [-0.3, -0.25) is 14.6 Å². The van der Waals surface area contributed by atoms with Crippen LogP contribution >= 0.6 is 0 Å². The van der Waals surface area contributed by atoms with Crippen LogP contribution in [0, 0.1) is 12.8 Å². The zero-order chi connectivity index (χ0) is 24.1. The molecule has 0 aliphatic carbocycles. The number of hydrogen-bond acceptors (Lipinski definition) is 5. The SMILES string of the molecule is Cc1ccc(NC(=O)C2CN(C)CC2c2ccc(C=CC(=O)Nc3ccccc3N)cc2)cn1. The highest BCUT2D eigenvalue weighted by atomic mass is 16.2. The van der Waals surface area contributed by atoms with Gasteiger partial charge in [-0.2, -0.15) is 0 Å². The first kappa shape index (κ1) is 23.2. The summed E-state index contributed by atoms with van der Waals surface area (Å²) >= 11 is 0. The lowest BCUT2D eigenvalue weighted by Crippen LogP contribution is -2.28. The summed E-state index contributed by atoms with van der Waals surface area (Å²) in [7, 11) is 2.03. The van der Waals surface area contributed by atoms with Crippen molar-refractivity contribution in [3.8, 4) is 0 Å². The number of carbonyl (C=O) groups is 2. The second kappa shape index (κ2) is 10.3. The Labute approximate surface area is 199 Å². The third-order valence-corrected chi connectivity index (χ3v) is 6.03. The van der Waals surface area contributed by atoms with Crippen LogP contribution in [0.1, 0.15) is 22.7 Å². The maximum absolute atomic E-state index is 13.0. The van der Waals surface area contributed by atoms with Crippen molar-refractivity contribution < 1.29 is 9.59 Å². The van der Waals surface area contributed by atoms with Gasteiger partial charge in [-0.05, 0) is 55.4 Å². The van der Waals surface area contributed by atoms with Crippen molar-refractivity contribution in [2.75, 3.05) is 36.5 Å². The van der Waals surface area contributed by atoms with Gasteiger partial charge >= 0.3 is 0 Å². The minimum Gasteiger partial charge on any atom is -0.397 e. The average Bonchev–Trinajstić information content (AvgIpc) is 3.23. The third kappa shape index (κ3) is 5.68. The highest BCUT2D eigenvalue weighted by Gasteiger charge is 2.37. The van der Waals surface area contributed by atoms with Crippen molar-refractivity contribution >= 4 is 35.0 Å². The molecular formula is C27H29N5O2. The number of hydrogen-bond donors (Lipinski definition) is 3. The largest absolute Gasteiger partial charge is 0.397 e. The molecule has 0 spiro atoms. The molecule has 4 rings (SSSR count). The number of para-hydroxylation sites is 2. The molecule has 2 aromatic carbocycles. The maximum Gasteiger partial charge on any atom is 0.248 e. The molecule has 174 valence electrons. The number of rotatable bonds is 6. The van der Waals surface area contributed by atoms with Crippen molar-refractivity contribution in [2.45, 2.75) is 12.8 Å². The summed E-state index contributed by atoms with van der Waals surface area (Å²) < 4.78 is 0. The van der Waals surface area contributed by atoms with Gasteiger partial charge in [0.2, 0.25) is 11.8 Å². The monoisotopic (exact) mass is 455 g/mol. The van der Waals surface area contributed by atoms with E-state index in [-0.39, 0.29) is 23.7 Å². The number of pyridine rings is 1. The van der Waals surface area contributed by atoms with Crippen LogP contribution in [-0.4, -0.2) is 41.8 Å². The molecule has 0 radical (unpaired) electrons. The average molecular weight is 456 g/mol. The van der Waals surface area contributed by atoms with Gasteiger partial charge in [0.15, 0.2) is 0 Å². The normalized spacial score (nSPS) is 18.2. The Kier molecular flexibility index (Phi) is 7.04. The van der Waals surface area contributed by atoms with E-state index in [0.717, 1.165) is 23.4 Å². The van der Waals surface area contributed by atoms with E-state index in [9.17, 15) is 9.59 Å². The van der Waals surface area contributed by atoms with E-state index in [1.807, 2.05) is 62.5 Å². The van der Waals surface area contributed by atoms with E-state index in [1.165, 1.54) is 6.08 Å². The van der Waals surface area contributed by atoms with Crippen molar-refractivity contribution in [3.05, 3.63) is 89.8 Å². The van der Waals surface area contributed by atoms with Crippen LogP contribution in [0.2, 0.25) is 0 Å². The summed E-state index contributed by atoms with van der Waals surface area (Å²) in [6.07, 6.45) is 4.93. The summed E-state index contributed by atoms with van der Waals surface area (Å²) in [5.41, 5.74) is 10.6. The fourth-order valence-corrected chi connectivity index (χ4v) is 4.19. The molecule has 2 heterocycles. The zero-order valence-electron chi connectivity index (χ0n) is 19.4. The first-order valence-electron chi connectivity index (χ1n) is 11.2. The molecule has 0 bridgehead atoms. The van der Waals surface area contributed by atoms with Crippen LogP contribution in [0.15, 0.2) is 72.9 Å². The van der Waals surface area contributed by atoms with Gasteiger partial charge in [-0.25, -0.2) is 0 Å². The Bertz CT molecular complexity index is 1190. The van der Waals surface area contributed by atoms with E-state index < -0.39 is 0 Å². The third-order valence-electron chi connectivity index (χ3n) is 6.03. The van der Waals surface area contributed by atoms with Gasteiger partial charge in [-0.15, -0.1) is 0 Å². The summed E-state index contributed by atoms with van der Waals surface area (Å²) in [5.74, 6) is -0.317. The predicted octanol–water partition coefficient (Wildman–Crippen LogP) is 3.91. The lowest BCUT2D eigenvalue weighted by Gasteiger charge is -2.18. The molecule has 2 atom stereocenters. The second-order valence-electron chi connectivity index (χ2n) is 8.69. The standard InChI is InChI=1S/C27H29N5O2/c1-18-7-13-21(15-29-18)30-27(34)23-17-32(2)16-22(23)20-11-8-19(9-12-20)10-14-26(33)31-25-6-4-3-5-24(25)28/h3-15,22-23H,16-17,28H2,1-2H3,(H,30,34)(H,31,33). The quantitative estimate of drug-likeness (QED) is 0.387. The second-order valence-corrected chi connectivity index (χ2v) is 8.69. The summed E-state index contributed by atoms with van der Waals surface area (Å²) in [6.45, 7) is 3.42. The number of likely N-dealkylation sites (N-methyl/N-ethyl adjacent to an activating group) is 1. The molecule has 1 aliphatic rings. The predicted molar refractivity (Wildman–Crippen MR) is 136 cm³/mol. The number of nitrogens with zero attached hydrogens (tertiary/aromatic N) is 2. The topological polar surface area (TPSA) is 100 Å². The number of nitrogen functional groups attached to an aromatic ring is 1. The molecule has 2 amide bonds. The first-order chi connectivity index (χ1) is 16.4. The van der Waals surface area contributed by atoms with E-state index in [1.54, 1.807) is 24.4 Å². The fourth-order valence-electron chi connectivity index (χ4n) is 4.19. The zero-order valence-corrected chi connectivity index (χ0v) is 19.4. The minimum atomic E-state index is -0.248. The summed E-state index contributed by atoms with van der Waals surface area (Å²) in [6, 6.07) is 18.9. The Balaban J connectivity index is 1.40. The molecule has 1 aliphatic heterocycles. The number of nitrogens with one attached hydrogen (secondary N) is 2. The highest BCUT2D eigenvalue weighted by molar-refractivity contribution is 6.03. The van der Waals surface area contributed by atoms with Crippen molar-refractivity contribution in [2.24, 2.45) is 5.92 Å². The maximum atomic E-state index is 13.0. The van der Waals surface area contributed by atoms with Crippen molar-refractivity contribution in [1.82, 2.24) is 9.88 Å². The number of anilines is 3. The molecule has 2 unspecified atom stereocenters. The Morgan fingerprint density at radius 3 is 2.50 bits per heavy atom. The van der Waals surface area contributed by atoms with Gasteiger partial charge in [0.1, 0.15) is 0 Å². The molecule has 7 nitrogen and oxygen atoms in total. The van der Waals surface area contributed by atoms with Crippen molar-refractivity contribution in [3.63, 3.8) is 0 Å². The Morgan fingerprint density at radius 2 is 1.79 bits per heavy atom. The van der Waals surface area contributed by atoms with Gasteiger partial charge in [0.25, 0.3) is 0 Å². The molecule has 3 aromatic rings. The Morgan fingerprint density at radius 1 is 1.03 bits per heavy atom. The van der Waals surface area contributed by atoms with Crippen LogP contribution in [0.25, 0.3) is 6.08 Å². The molecule has 0 saturated carbocycles. The molecule has 1 saturated heterocycles. The minimum absolute atomic E-state index is 0.000770. The van der Waals surface area contributed by atoms with Crippen molar-refractivity contribution in [1.29, 1.82) is 0 Å².